The second-order valence-electron chi connectivity index (χ2n) is 2.06. The molecule has 3 nitrogen and oxygen atoms in total. The number of hydrogen-bond acceptors (Lipinski definition) is 3. The van der Waals surface area contributed by atoms with Crippen LogP contribution >= 0.6 is 0 Å². The van der Waals surface area contributed by atoms with Crippen molar-refractivity contribution < 1.29 is 24.4 Å². The minimum atomic E-state index is -2.02. The molecule has 0 saturated heterocycles. The van der Waals surface area contributed by atoms with Crippen LogP contribution in [-0.2, 0) is 4.29 Å². The first kappa shape index (κ1) is 10.2. The molecule has 62 valence electrons. The Kier molecular flexibility index (Phi) is 7.40. The van der Waals surface area contributed by atoms with Gasteiger partial charge < -0.3 is 9.32 Å². The predicted octanol–water partition coefficient (Wildman–Crippen LogP) is -0.330. The smallest absolute Gasteiger partial charge is 0.285 e. The standard InChI is InChI=1S/C6H13ClO3/c1-2-3-4-5-6-10-7(8)9/h2-6H2,1H3. The van der Waals surface area contributed by atoms with Gasteiger partial charge >= 0.3 is 0 Å². The van der Waals surface area contributed by atoms with Crippen molar-refractivity contribution in [3.63, 3.8) is 0 Å². The average Bonchev–Trinajstić information content (AvgIpc) is 1.87. The zero-order chi connectivity index (χ0) is 7.82. The van der Waals surface area contributed by atoms with Crippen LogP contribution in [0.4, 0.5) is 0 Å². The highest BCUT2D eigenvalue weighted by Crippen LogP contribution is 1.98. The Bertz CT molecular complexity index is 68.0. The van der Waals surface area contributed by atoms with Crippen molar-refractivity contribution in [3.8, 4) is 0 Å². The molecule has 0 aliphatic carbocycles. The topological polar surface area (TPSA) is 55.3 Å². The van der Waals surface area contributed by atoms with Crippen molar-refractivity contribution in [2.24, 2.45) is 0 Å². The van der Waals surface area contributed by atoms with Gasteiger partial charge in [0.2, 0.25) is 0 Å². The number of rotatable bonds is 6. The minimum absolute atomic E-state index is 0.313. The second kappa shape index (κ2) is 7.28. The van der Waals surface area contributed by atoms with Crippen LogP contribution < -0.4 is 9.32 Å². The molecule has 0 fully saturated rings. The Morgan fingerprint density at radius 1 is 1.20 bits per heavy atom. The second-order valence-corrected chi connectivity index (χ2v) is 2.66. The van der Waals surface area contributed by atoms with Gasteiger partial charge in [-0.1, -0.05) is 26.2 Å². The van der Waals surface area contributed by atoms with Crippen molar-refractivity contribution in [1.82, 2.24) is 0 Å². The first-order valence-corrected chi connectivity index (χ1v) is 4.38. The van der Waals surface area contributed by atoms with Gasteiger partial charge in [0, 0.05) is 4.29 Å². The minimum Gasteiger partial charge on any atom is -0.320 e. The quantitative estimate of drug-likeness (QED) is 0.511. The molecule has 0 amide bonds. The van der Waals surface area contributed by atoms with E-state index in [1.165, 1.54) is 0 Å². The van der Waals surface area contributed by atoms with Gasteiger partial charge in [0.25, 0.3) is 10.8 Å². The maximum atomic E-state index is 9.77. The van der Waals surface area contributed by atoms with Gasteiger partial charge in [-0.3, -0.25) is 0 Å². The van der Waals surface area contributed by atoms with Gasteiger partial charge in [-0.15, -0.1) is 0 Å². The molecule has 0 N–H and O–H groups in total. The summed E-state index contributed by atoms with van der Waals surface area (Å²) in [5.41, 5.74) is 0. The lowest BCUT2D eigenvalue weighted by molar-refractivity contribution is -1.63. The van der Waals surface area contributed by atoms with Crippen LogP contribution in [0, 0.1) is 10.8 Å². The fraction of sp³-hybridized carbons (Fsp3) is 1.00. The summed E-state index contributed by atoms with van der Waals surface area (Å²) in [5, 5.41) is 0. The van der Waals surface area contributed by atoms with Crippen LogP contribution in [0.2, 0.25) is 0 Å². The maximum Gasteiger partial charge on any atom is 0.285 e. The summed E-state index contributed by atoms with van der Waals surface area (Å²) in [6, 6.07) is 0. The Labute approximate surface area is 64.4 Å². The predicted molar refractivity (Wildman–Crippen MR) is 30.1 cm³/mol. The van der Waals surface area contributed by atoms with E-state index in [9.17, 15) is 9.32 Å². The molecular weight excluding hydrogens is 156 g/mol. The first-order valence-electron chi connectivity index (χ1n) is 3.46. The van der Waals surface area contributed by atoms with Gasteiger partial charge in [0.15, 0.2) is 6.61 Å². The van der Waals surface area contributed by atoms with E-state index >= 15 is 0 Å². The van der Waals surface area contributed by atoms with E-state index in [0.29, 0.717) is 6.61 Å². The zero-order valence-electron chi connectivity index (χ0n) is 6.14. The highest BCUT2D eigenvalue weighted by Gasteiger charge is 2.03. The summed E-state index contributed by atoms with van der Waals surface area (Å²) < 4.78 is 23.8. The molecular formula is C6H13ClO3. The van der Waals surface area contributed by atoms with Crippen molar-refractivity contribution in [1.29, 1.82) is 0 Å². The van der Waals surface area contributed by atoms with Crippen LogP contribution in [-0.4, -0.2) is 6.61 Å². The molecule has 0 aliphatic heterocycles. The van der Waals surface area contributed by atoms with Crippen molar-refractivity contribution in [3.05, 3.63) is 0 Å². The molecule has 0 aliphatic rings. The van der Waals surface area contributed by atoms with E-state index in [2.05, 4.69) is 11.2 Å². The van der Waals surface area contributed by atoms with Crippen molar-refractivity contribution in [2.75, 3.05) is 6.61 Å². The molecule has 0 unspecified atom stereocenters. The summed E-state index contributed by atoms with van der Waals surface area (Å²) >= 11 is 0. The average molecular weight is 169 g/mol. The van der Waals surface area contributed by atoms with E-state index in [1.807, 2.05) is 0 Å². The van der Waals surface area contributed by atoms with E-state index < -0.39 is 10.8 Å². The van der Waals surface area contributed by atoms with Crippen LogP contribution in [0.1, 0.15) is 32.6 Å². The molecule has 0 heterocycles. The maximum absolute atomic E-state index is 9.77. The highest BCUT2D eigenvalue weighted by molar-refractivity contribution is 4.36. The molecule has 0 aromatic carbocycles. The third-order valence-electron chi connectivity index (χ3n) is 1.16. The third kappa shape index (κ3) is 8.17. The summed E-state index contributed by atoms with van der Waals surface area (Å²) in [6.07, 6.45) is 4.16. The van der Waals surface area contributed by atoms with Gasteiger partial charge in [-0.25, -0.2) is 0 Å². The van der Waals surface area contributed by atoms with E-state index in [0.717, 1.165) is 25.7 Å². The molecule has 0 rings (SSSR count). The molecule has 0 radical (unpaired) electrons. The SMILES string of the molecule is CCCCCCO[Cl+2]([O-])[O-]. The highest BCUT2D eigenvalue weighted by atomic mass is 35.6. The molecule has 0 saturated carbocycles. The zero-order valence-corrected chi connectivity index (χ0v) is 6.89. The summed E-state index contributed by atoms with van der Waals surface area (Å²) in [4.78, 5) is 0. The van der Waals surface area contributed by atoms with E-state index in [1.54, 1.807) is 0 Å². The molecule has 0 atom stereocenters. The lowest BCUT2D eigenvalue weighted by atomic mass is 10.2. The lowest BCUT2D eigenvalue weighted by Crippen LogP contribution is -2.34. The Hall–Kier alpha value is 0.170. The third-order valence-corrected chi connectivity index (χ3v) is 1.50. The molecule has 0 aromatic rings. The van der Waals surface area contributed by atoms with Crippen molar-refractivity contribution in [2.45, 2.75) is 32.6 Å². The number of unbranched alkanes of at least 4 members (excludes halogenated alkanes) is 3. The first-order chi connectivity index (χ1) is 4.77. The largest absolute Gasteiger partial charge is 0.320 e. The van der Waals surface area contributed by atoms with Gasteiger partial charge in [-0.05, 0) is 6.42 Å². The Morgan fingerprint density at radius 3 is 2.40 bits per heavy atom. The fourth-order valence-corrected chi connectivity index (χ4v) is 0.881. The van der Waals surface area contributed by atoms with Crippen LogP contribution in [0.25, 0.3) is 0 Å². The van der Waals surface area contributed by atoms with Crippen LogP contribution in [0.3, 0.4) is 0 Å². The molecule has 4 heteroatoms. The fourth-order valence-electron chi connectivity index (χ4n) is 0.646. The molecule has 0 aromatic heterocycles. The molecule has 0 bridgehead atoms. The van der Waals surface area contributed by atoms with Crippen LogP contribution in [0.5, 0.6) is 0 Å². The monoisotopic (exact) mass is 168 g/mol. The number of hydrogen-bond donors (Lipinski definition) is 0. The Balaban J connectivity index is 2.77. The van der Waals surface area contributed by atoms with E-state index in [-0.39, 0.29) is 0 Å². The summed E-state index contributed by atoms with van der Waals surface area (Å²) in [6.45, 7) is 2.41. The van der Waals surface area contributed by atoms with Gasteiger partial charge in [-0.2, -0.15) is 0 Å². The number of halogens is 1. The summed E-state index contributed by atoms with van der Waals surface area (Å²) in [5.74, 6) is 0. The normalized spacial score (nSPS) is 10.8. The van der Waals surface area contributed by atoms with Gasteiger partial charge in [0.05, 0.1) is 0 Å². The molecule has 10 heavy (non-hydrogen) atoms. The van der Waals surface area contributed by atoms with Gasteiger partial charge in [0.1, 0.15) is 0 Å². The molecule has 0 spiro atoms. The van der Waals surface area contributed by atoms with E-state index in [4.69, 9.17) is 0 Å². The Morgan fingerprint density at radius 2 is 1.90 bits per heavy atom. The summed E-state index contributed by atoms with van der Waals surface area (Å²) in [7, 11) is -2.02. The van der Waals surface area contributed by atoms with Crippen LogP contribution in [0.15, 0.2) is 0 Å². The lowest BCUT2D eigenvalue weighted by Gasteiger charge is -1.94. The van der Waals surface area contributed by atoms with Crippen molar-refractivity contribution >= 4 is 0 Å².